The number of nitrogens with one attached hydrogen (secondary N) is 1. The number of carbonyl (C=O) groups excluding carboxylic acids is 2. The van der Waals surface area contributed by atoms with Gasteiger partial charge in [-0.3, -0.25) is 9.59 Å². The highest BCUT2D eigenvalue weighted by atomic mass is 16.2. The Bertz CT molecular complexity index is 1160. The lowest BCUT2D eigenvalue weighted by Gasteiger charge is -2.18. The van der Waals surface area contributed by atoms with Crippen LogP contribution in [0.5, 0.6) is 0 Å². The monoisotopic (exact) mass is 471 g/mol. The van der Waals surface area contributed by atoms with E-state index >= 15 is 0 Å². The highest BCUT2D eigenvalue weighted by Gasteiger charge is 2.32. The Hall–Kier alpha value is -3.74. The number of rotatable bonds is 9. The molecule has 0 radical (unpaired) electrons. The van der Waals surface area contributed by atoms with Gasteiger partial charge in [-0.05, 0) is 73.9 Å². The van der Waals surface area contributed by atoms with Crippen molar-refractivity contribution in [3.05, 3.63) is 83.2 Å². The van der Waals surface area contributed by atoms with E-state index in [1.54, 1.807) is 11.1 Å². The van der Waals surface area contributed by atoms with Crippen LogP contribution in [0.2, 0.25) is 0 Å². The van der Waals surface area contributed by atoms with E-state index in [1.807, 2.05) is 56.4 Å². The summed E-state index contributed by atoms with van der Waals surface area (Å²) in [7, 11) is 1.83. The molecule has 1 aromatic heterocycles. The molecule has 2 amide bonds. The van der Waals surface area contributed by atoms with Gasteiger partial charge in [-0.15, -0.1) is 0 Å². The van der Waals surface area contributed by atoms with Crippen molar-refractivity contribution in [1.82, 2.24) is 14.9 Å². The van der Waals surface area contributed by atoms with E-state index in [1.165, 1.54) is 5.56 Å². The van der Waals surface area contributed by atoms with E-state index in [0.717, 1.165) is 49.0 Å². The van der Waals surface area contributed by atoms with Crippen molar-refractivity contribution in [3.8, 4) is 0 Å². The third-order valence-corrected chi connectivity index (χ3v) is 6.87. The van der Waals surface area contributed by atoms with E-state index in [2.05, 4.69) is 22.4 Å². The maximum Gasteiger partial charge on any atom is 0.253 e. The summed E-state index contributed by atoms with van der Waals surface area (Å²) >= 11 is 0. The van der Waals surface area contributed by atoms with Crippen molar-refractivity contribution in [2.75, 3.05) is 18.9 Å². The van der Waals surface area contributed by atoms with Gasteiger partial charge in [0, 0.05) is 42.7 Å². The van der Waals surface area contributed by atoms with Crippen LogP contribution in [0.4, 0.5) is 11.6 Å². The molecule has 3 N–H and O–H groups in total. The van der Waals surface area contributed by atoms with E-state index in [4.69, 9.17) is 10.7 Å². The molecule has 2 aromatic carbocycles. The molecule has 1 aliphatic rings. The molecule has 7 nitrogen and oxygen atoms in total. The Morgan fingerprint density at radius 1 is 1.09 bits per heavy atom. The standard InChI is InChI=1S/C28H33N5O2/c1-19-18-30-28(32-25(19)17-22-9-6-10-24(22)26(29)34)31-23-13-11-21(12-14-23)27(35)33(2)16-15-20-7-4-3-5-8-20/h3-5,7-8,11-14,18,22,24H,6,9-10,15-17H2,1-2H3,(H2,29,34)(H,30,31,32)/t22-,24-/m0/s1. The highest BCUT2D eigenvalue weighted by molar-refractivity contribution is 5.94. The van der Waals surface area contributed by atoms with Gasteiger partial charge in [0.1, 0.15) is 0 Å². The summed E-state index contributed by atoms with van der Waals surface area (Å²) in [6, 6.07) is 17.5. The molecule has 182 valence electrons. The molecule has 1 saturated carbocycles. The van der Waals surface area contributed by atoms with E-state index in [-0.39, 0.29) is 23.7 Å². The second kappa shape index (κ2) is 11.1. The maximum atomic E-state index is 12.8. The van der Waals surface area contributed by atoms with Gasteiger partial charge in [0.2, 0.25) is 11.9 Å². The number of likely N-dealkylation sites (N-methyl/N-ethyl adjacent to an activating group) is 1. The third kappa shape index (κ3) is 6.23. The van der Waals surface area contributed by atoms with Gasteiger partial charge in [-0.2, -0.15) is 0 Å². The Morgan fingerprint density at radius 2 is 1.83 bits per heavy atom. The first-order valence-electron chi connectivity index (χ1n) is 12.2. The summed E-state index contributed by atoms with van der Waals surface area (Å²) in [6.07, 6.45) is 6.23. The zero-order chi connectivity index (χ0) is 24.8. The number of primary amides is 1. The Balaban J connectivity index is 1.37. The van der Waals surface area contributed by atoms with Crippen molar-refractivity contribution >= 4 is 23.5 Å². The van der Waals surface area contributed by atoms with Crippen LogP contribution in [0.25, 0.3) is 0 Å². The molecule has 0 aliphatic heterocycles. The molecule has 0 spiro atoms. The van der Waals surface area contributed by atoms with Crippen LogP contribution in [-0.4, -0.2) is 40.3 Å². The molecule has 4 rings (SSSR count). The van der Waals surface area contributed by atoms with Crippen molar-refractivity contribution in [3.63, 3.8) is 0 Å². The van der Waals surface area contributed by atoms with Crippen LogP contribution in [0.1, 0.15) is 46.4 Å². The molecule has 1 aliphatic carbocycles. The van der Waals surface area contributed by atoms with E-state index < -0.39 is 0 Å². The third-order valence-electron chi connectivity index (χ3n) is 6.87. The number of hydrogen-bond acceptors (Lipinski definition) is 5. The summed E-state index contributed by atoms with van der Waals surface area (Å²) in [4.78, 5) is 35.4. The Kier molecular flexibility index (Phi) is 7.75. The van der Waals surface area contributed by atoms with Crippen LogP contribution in [0, 0.1) is 18.8 Å². The van der Waals surface area contributed by atoms with Crippen molar-refractivity contribution in [2.45, 2.75) is 39.0 Å². The number of amides is 2. The van der Waals surface area contributed by atoms with Gasteiger partial charge in [0.05, 0.1) is 0 Å². The Labute approximate surface area is 206 Å². The molecule has 0 unspecified atom stereocenters. The lowest BCUT2D eigenvalue weighted by atomic mass is 9.90. The van der Waals surface area contributed by atoms with Crippen LogP contribution in [0.3, 0.4) is 0 Å². The quantitative estimate of drug-likeness (QED) is 0.485. The average Bonchev–Trinajstić information content (AvgIpc) is 3.34. The molecular formula is C28H33N5O2. The summed E-state index contributed by atoms with van der Waals surface area (Å²) in [5.41, 5.74) is 10.2. The van der Waals surface area contributed by atoms with E-state index in [9.17, 15) is 9.59 Å². The lowest BCUT2D eigenvalue weighted by Crippen LogP contribution is -2.28. The van der Waals surface area contributed by atoms with Crippen LogP contribution < -0.4 is 11.1 Å². The van der Waals surface area contributed by atoms with Gasteiger partial charge >= 0.3 is 0 Å². The first-order valence-corrected chi connectivity index (χ1v) is 12.2. The normalized spacial score (nSPS) is 17.2. The summed E-state index contributed by atoms with van der Waals surface area (Å²) in [5.74, 6) is 0.438. The second-order valence-corrected chi connectivity index (χ2v) is 9.39. The van der Waals surface area contributed by atoms with Crippen molar-refractivity contribution < 1.29 is 9.59 Å². The number of nitrogens with zero attached hydrogens (tertiary/aromatic N) is 3. The summed E-state index contributed by atoms with van der Waals surface area (Å²) < 4.78 is 0. The SMILES string of the molecule is Cc1cnc(Nc2ccc(C(=O)N(C)CCc3ccccc3)cc2)nc1C[C@@H]1CCC[C@@H]1C(N)=O. The minimum atomic E-state index is -0.210. The predicted molar refractivity (Wildman–Crippen MR) is 137 cm³/mol. The minimum absolute atomic E-state index is 0.0121. The lowest BCUT2D eigenvalue weighted by molar-refractivity contribution is -0.122. The average molecular weight is 472 g/mol. The zero-order valence-electron chi connectivity index (χ0n) is 20.4. The van der Waals surface area contributed by atoms with Crippen LogP contribution in [0.15, 0.2) is 60.8 Å². The molecular weight excluding hydrogens is 438 g/mol. The van der Waals surface area contributed by atoms with Crippen LogP contribution in [-0.2, 0) is 17.6 Å². The van der Waals surface area contributed by atoms with Crippen molar-refractivity contribution in [2.24, 2.45) is 17.6 Å². The number of aryl methyl sites for hydroxylation is 1. The summed E-state index contributed by atoms with van der Waals surface area (Å²) in [6.45, 7) is 2.64. The number of aromatic nitrogens is 2. The number of hydrogen-bond donors (Lipinski definition) is 2. The fraction of sp³-hybridized carbons (Fsp3) is 0.357. The fourth-order valence-corrected chi connectivity index (χ4v) is 4.74. The number of benzene rings is 2. The largest absolute Gasteiger partial charge is 0.369 e. The van der Waals surface area contributed by atoms with Crippen molar-refractivity contribution in [1.29, 1.82) is 0 Å². The highest BCUT2D eigenvalue weighted by Crippen LogP contribution is 2.34. The van der Waals surface area contributed by atoms with E-state index in [0.29, 0.717) is 18.1 Å². The predicted octanol–water partition coefficient (Wildman–Crippen LogP) is 4.29. The molecule has 1 fully saturated rings. The number of nitrogens with two attached hydrogens (primary N) is 1. The van der Waals surface area contributed by atoms with Gasteiger partial charge in [-0.1, -0.05) is 36.8 Å². The molecule has 35 heavy (non-hydrogen) atoms. The molecule has 1 heterocycles. The second-order valence-electron chi connectivity index (χ2n) is 9.39. The molecule has 0 saturated heterocycles. The smallest absolute Gasteiger partial charge is 0.253 e. The molecule has 7 heteroatoms. The fourth-order valence-electron chi connectivity index (χ4n) is 4.74. The summed E-state index contributed by atoms with van der Waals surface area (Å²) in [5, 5.41) is 3.23. The number of anilines is 2. The minimum Gasteiger partial charge on any atom is -0.369 e. The molecule has 0 bridgehead atoms. The number of carbonyl (C=O) groups is 2. The van der Waals surface area contributed by atoms with Gasteiger partial charge in [0.25, 0.3) is 5.91 Å². The Morgan fingerprint density at radius 3 is 2.54 bits per heavy atom. The van der Waals surface area contributed by atoms with Gasteiger partial charge < -0.3 is 16.0 Å². The topological polar surface area (TPSA) is 101 Å². The van der Waals surface area contributed by atoms with Gasteiger partial charge in [-0.25, -0.2) is 9.97 Å². The molecule has 3 aromatic rings. The van der Waals surface area contributed by atoms with Gasteiger partial charge in [0.15, 0.2) is 0 Å². The first kappa shape index (κ1) is 24.4. The molecule has 2 atom stereocenters. The maximum absolute atomic E-state index is 12.8. The zero-order valence-corrected chi connectivity index (χ0v) is 20.4. The van der Waals surface area contributed by atoms with Crippen LogP contribution >= 0.6 is 0 Å². The first-order chi connectivity index (χ1) is 16.9.